The molecule has 0 unspecified atom stereocenters. The van der Waals surface area contributed by atoms with Crippen LogP contribution in [0.5, 0.6) is 0 Å². The van der Waals surface area contributed by atoms with Gasteiger partial charge < -0.3 is 10.6 Å². The van der Waals surface area contributed by atoms with Crippen LogP contribution in [0.4, 0.5) is 20.2 Å². The van der Waals surface area contributed by atoms with Crippen molar-refractivity contribution in [1.29, 1.82) is 0 Å². The van der Waals surface area contributed by atoms with Crippen LogP contribution >= 0.6 is 0 Å². The van der Waals surface area contributed by atoms with E-state index in [9.17, 15) is 13.6 Å². The van der Waals surface area contributed by atoms with Crippen LogP contribution in [-0.4, -0.2) is 17.4 Å². The molecule has 0 fully saturated rings. The second-order valence-electron chi connectivity index (χ2n) is 6.03. The Kier molecular flexibility index (Phi) is 6.10. The number of pyridine rings is 1. The van der Waals surface area contributed by atoms with Crippen LogP contribution in [0.3, 0.4) is 0 Å². The van der Waals surface area contributed by atoms with Crippen molar-refractivity contribution in [2.24, 2.45) is 0 Å². The maximum absolute atomic E-state index is 13.7. The van der Waals surface area contributed by atoms with E-state index in [2.05, 4.69) is 27.8 Å². The average molecular weight is 367 g/mol. The zero-order chi connectivity index (χ0) is 19.1. The number of rotatable bonds is 7. The van der Waals surface area contributed by atoms with Crippen molar-refractivity contribution < 1.29 is 13.6 Å². The number of nitrogens with one attached hydrogen (secondary N) is 2. The average Bonchev–Trinajstić information content (AvgIpc) is 2.69. The van der Waals surface area contributed by atoms with Crippen LogP contribution in [0, 0.1) is 11.6 Å². The maximum Gasteiger partial charge on any atom is 0.269 e. The third kappa shape index (κ3) is 5.34. The summed E-state index contributed by atoms with van der Waals surface area (Å²) >= 11 is 0. The van der Waals surface area contributed by atoms with Gasteiger partial charge in [-0.2, -0.15) is 0 Å². The van der Waals surface area contributed by atoms with Crippen LogP contribution in [0.1, 0.15) is 22.5 Å². The molecule has 0 atom stereocenters. The summed E-state index contributed by atoms with van der Waals surface area (Å²) in [4.78, 5) is 16.2. The monoisotopic (exact) mass is 367 g/mol. The summed E-state index contributed by atoms with van der Waals surface area (Å²) in [7, 11) is 0. The first-order chi connectivity index (χ1) is 13.1. The Morgan fingerprint density at radius 2 is 1.81 bits per heavy atom. The molecule has 0 spiro atoms. The van der Waals surface area contributed by atoms with Crippen LogP contribution < -0.4 is 10.6 Å². The second-order valence-corrected chi connectivity index (χ2v) is 6.03. The van der Waals surface area contributed by atoms with E-state index in [4.69, 9.17) is 0 Å². The first-order valence-electron chi connectivity index (χ1n) is 8.62. The number of nitrogens with zero attached hydrogens (tertiary/aromatic N) is 1. The Bertz CT molecular complexity index is 899. The molecule has 3 rings (SSSR count). The molecule has 4 nitrogen and oxygen atoms in total. The Morgan fingerprint density at radius 1 is 1.00 bits per heavy atom. The van der Waals surface area contributed by atoms with Gasteiger partial charge in [0, 0.05) is 12.6 Å². The lowest BCUT2D eigenvalue weighted by molar-refractivity contribution is 0.0948. The number of benzene rings is 2. The molecule has 0 aliphatic rings. The second kappa shape index (κ2) is 8.89. The first-order valence-corrected chi connectivity index (χ1v) is 8.62. The van der Waals surface area contributed by atoms with Gasteiger partial charge in [0.2, 0.25) is 0 Å². The fraction of sp³-hybridized carbons (Fsp3) is 0.143. The zero-order valence-corrected chi connectivity index (χ0v) is 14.6. The van der Waals surface area contributed by atoms with Crippen LogP contribution in [0.2, 0.25) is 0 Å². The lowest BCUT2D eigenvalue weighted by atomic mass is 10.1. The van der Waals surface area contributed by atoms with E-state index in [0.717, 1.165) is 25.0 Å². The van der Waals surface area contributed by atoms with Crippen LogP contribution in [0.25, 0.3) is 0 Å². The number of carbonyl (C=O) groups excluding carboxylic acids is 1. The van der Waals surface area contributed by atoms with E-state index in [1.54, 1.807) is 12.1 Å². The third-order valence-corrected chi connectivity index (χ3v) is 3.98. The Balaban J connectivity index is 1.49. The van der Waals surface area contributed by atoms with E-state index in [1.165, 1.54) is 17.8 Å². The quantitative estimate of drug-likeness (QED) is 0.606. The van der Waals surface area contributed by atoms with Crippen LogP contribution in [0.15, 0.2) is 66.9 Å². The number of aryl methyl sites for hydroxylation is 1. The molecule has 0 radical (unpaired) electrons. The number of hydrogen-bond donors (Lipinski definition) is 2. The van der Waals surface area contributed by atoms with Gasteiger partial charge in [-0.15, -0.1) is 0 Å². The van der Waals surface area contributed by atoms with Gasteiger partial charge >= 0.3 is 0 Å². The molecule has 138 valence electrons. The van der Waals surface area contributed by atoms with Gasteiger partial charge in [-0.3, -0.25) is 4.79 Å². The number of carbonyl (C=O) groups is 1. The molecule has 2 N–H and O–H groups in total. The lowest BCUT2D eigenvalue weighted by Gasteiger charge is -2.08. The highest BCUT2D eigenvalue weighted by atomic mass is 19.1. The summed E-state index contributed by atoms with van der Waals surface area (Å²) in [6, 6.07) is 16.5. The van der Waals surface area contributed by atoms with Crippen molar-refractivity contribution in [2.45, 2.75) is 12.8 Å². The smallest absolute Gasteiger partial charge is 0.269 e. The molecule has 27 heavy (non-hydrogen) atoms. The van der Waals surface area contributed by atoms with Crippen molar-refractivity contribution in [3.63, 3.8) is 0 Å². The highest BCUT2D eigenvalue weighted by molar-refractivity contribution is 5.92. The largest absolute Gasteiger partial charge is 0.352 e. The number of hydrogen-bond acceptors (Lipinski definition) is 3. The van der Waals surface area contributed by atoms with Crippen molar-refractivity contribution in [3.8, 4) is 0 Å². The molecule has 0 aliphatic heterocycles. The predicted molar refractivity (Wildman–Crippen MR) is 101 cm³/mol. The highest BCUT2D eigenvalue weighted by Gasteiger charge is 2.08. The molecular weight excluding hydrogens is 348 g/mol. The summed E-state index contributed by atoms with van der Waals surface area (Å²) in [5.41, 5.74) is 2.14. The number of anilines is 2. The molecule has 0 saturated heterocycles. The van der Waals surface area contributed by atoms with Gasteiger partial charge in [0.15, 0.2) is 0 Å². The number of amides is 1. The summed E-state index contributed by atoms with van der Waals surface area (Å²) in [6.07, 6.45) is 3.15. The maximum atomic E-state index is 13.7. The standard InChI is InChI=1S/C21H19F2N3O/c22-16-8-10-19(18(23)13-16)26-17-9-11-20(25-14-17)21(27)24-12-4-7-15-5-2-1-3-6-15/h1-3,5-6,8-11,13-14,26H,4,7,12H2,(H,24,27). The van der Waals surface area contributed by atoms with E-state index in [-0.39, 0.29) is 17.3 Å². The van der Waals surface area contributed by atoms with Crippen molar-refractivity contribution in [1.82, 2.24) is 10.3 Å². The molecular formula is C21H19F2N3O. The fourth-order valence-corrected chi connectivity index (χ4v) is 2.58. The molecule has 3 aromatic rings. The number of aromatic nitrogens is 1. The van der Waals surface area contributed by atoms with E-state index >= 15 is 0 Å². The third-order valence-electron chi connectivity index (χ3n) is 3.98. The summed E-state index contributed by atoms with van der Waals surface area (Å²) < 4.78 is 26.6. The normalized spacial score (nSPS) is 10.4. The van der Waals surface area contributed by atoms with Gasteiger partial charge in [-0.1, -0.05) is 30.3 Å². The van der Waals surface area contributed by atoms with E-state index < -0.39 is 11.6 Å². The molecule has 6 heteroatoms. The minimum atomic E-state index is -0.699. The lowest BCUT2D eigenvalue weighted by Crippen LogP contribution is -2.25. The first kappa shape index (κ1) is 18.5. The summed E-state index contributed by atoms with van der Waals surface area (Å²) in [6.45, 7) is 0.552. The predicted octanol–water partition coefficient (Wildman–Crippen LogP) is 4.47. The Labute approximate surface area is 156 Å². The van der Waals surface area contributed by atoms with Gasteiger partial charge in [0.05, 0.1) is 17.6 Å². The Morgan fingerprint density at radius 3 is 2.52 bits per heavy atom. The van der Waals surface area contributed by atoms with Gasteiger partial charge in [0.25, 0.3) is 5.91 Å². The van der Waals surface area contributed by atoms with Gasteiger partial charge in [-0.25, -0.2) is 13.8 Å². The SMILES string of the molecule is O=C(NCCCc1ccccc1)c1ccc(Nc2ccc(F)cc2F)cn1. The summed E-state index contributed by atoms with van der Waals surface area (Å²) in [5, 5.41) is 5.63. The fourth-order valence-electron chi connectivity index (χ4n) is 2.58. The van der Waals surface area contributed by atoms with E-state index in [0.29, 0.717) is 12.2 Å². The zero-order valence-electron chi connectivity index (χ0n) is 14.6. The molecule has 0 bridgehead atoms. The van der Waals surface area contributed by atoms with Gasteiger partial charge in [0.1, 0.15) is 17.3 Å². The molecule has 0 aliphatic carbocycles. The molecule has 0 saturated carbocycles. The van der Waals surface area contributed by atoms with Crippen molar-refractivity contribution in [3.05, 3.63) is 89.8 Å². The van der Waals surface area contributed by atoms with Crippen molar-refractivity contribution >= 4 is 17.3 Å². The molecule has 1 aromatic heterocycles. The van der Waals surface area contributed by atoms with E-state index in [1.807, 2.05) is 18.2 Å². The minimum Gasteiger partial charge on any atom is -0.352 e. The summed E-state index contributed by atoms with van der Waals surface area (Å²) in [5.74, 6) is -1.60. The number of halogens is 2. The molecule has 2 aromatic carbocycles. The Hall–Kier alpha value is -3.28. The highest BCUT2D eigenvalue weighted by Crippen LogP contribution is 2.20. The van der Waals surface area contributed by atoms with Crippen LogP contribution in [-0.2, 0) is 6.42 Å². The van der Waals surface area contributed by atoms with Crippen molar-refractivity contribution in [2.75, 3.05) is 11.9 Å². The molecule has 1 amide bonds. The topological polar surface area (TPSA) is 54.0 Å². The van der Waals surface area contributed by atoms with Gasteiger partial charge in [-0.05, 0) is 42.7 Å². The molecule has 1 heterocycles. The minimum absolute atomic E-state index is 0.135.